The van der Waals surface area contributed by atoms with Crippen LogP contribution >= 0.6 is 15.9 Å². The molecule has 84 valence electrons. The van der Waals surface area contributed by atoms with Gasteiger partial charge >= 0.3 is 0 Å². The summed E-state index contributed by atoms with van der Waals surface area (Å²) in [5.74, 6) is 0.735. The molecule has 1 saturated carbocycles. The van der Waals surface area contributed by atoms with Crippen molar-refractivity contribution in [3.63, 3.8) is 0 Å². The van der Waals surface area contributed by atoms with Crippen LogP contribution in [-0.4, -0.2) is 20.6 Å². The van der Waals surface area contributed by atoms with E-state index in [-0.39, 0.29) is 0 Å². The summed E-state index contributed by atoms with van der Waals surface area (Å²) in [5.41, 5.74) is 0.864. The molecule has 2 heterocycles. The molecule has 1 aliphatic rings. The van der Waals surface area contributed by atoms with Gasteiger partial charge in [0.2, 0.25) is 5.95 Å². The number of hydrogen-bond acceptors (Lipinski definition) is 3. The minimum absolute atomic E-state index is 0.552. The molecule has 0 amide bonds. The van der Waals surface area contributed by atoms with Gasteiger partial charge < -0.3 is 5.32 Å². The van der Waals surface area contributed by atoms with E-state index in [1.165, 1.54) is 25.7 Å². The zero-order valence-electron chi connectivity index (χ0n) is 8.86. The second kappa shape index (κ2) is 4.05. The summed E-state index contributed by atoms with van der Waals surface area (Å²) in [6.45, 7) is 0. The van der Waals surface area contributed by atoms with E-state index in [4.69, 9.17) is 0 Å². The molecular weight excluding hydrogens is 268 g/mol. The van der Waals surface area contributed by atoms with Crippen LogP contribution < -0.4 is 5.32 Å². The Morgan fingerprint density at radius 3 is 2.94 bits per heavy atom. The average molecular weight is 281 g/mol. The van der Waals surface area contributed by atoms with Crippen molar-refractivity contribution < 1.29 is 0 Å². The van der Waals surface area contributed by atoms with Crippen LogP contribution in [0, 0.1) is 0 Å². The first-order valence-electron chi connectivity index (χ1n) is 5.60. The third-order valence-corrected chi connectivity index (χ3v) is 3.62. The quantitative estimate of drug-likeness (QED) is 0.920. The summed E-state index contributed by atoms with van der Waals surface area (Å²) >= 11 is 3.47. The van der Waals surface area contributed by atoms with Crippen LogP contribution in [0.2, 0.25) is 0 Å². The third kappa shape index (κ3) is 1.80. The molecule has 0 aliphatic heterocycles. The molecule has 0 saturated heterocycles. The van der Waals surface area contributed by atoms with Gasteiger partial charge in [0.1, 0.15) is 0 Å². The van der Waals surface area contributed by atoms with Crippen LogP contribution in [0.1, 0.15) is 25.7 Å². The molecule has 1 aliphatic carbocycles. The Kier molecular flexibility index (Phi) is 2.55. The van der Waals surface area contributed by atoms with E-state index in [1.54, 1.807) is 4.52 Å². The zero-order valence-corrected chi connectivity index (χ0v) is 10.4. The summed E-state index contributed by atoms with van der Waals surface area (Å²) < 4.78 is 2.77. The van der Waals surface area contributed by atoms with E-state index in [9.17, 15) is 0 Å². The van der Waals surface area contributed by atoms with Crippen LogP contribution in [-0.2, 0) is 0 Å². The Morgan fingerprint density at radius 2 is 2.19 bits per heavy atom. The van der Waals surface area contributed by atoms with Gasteiger partial charge in [-0.15, -0.1) is 5.10 Å². The van der Waals surface area contributed by atoms with Gasteiger partial charge in [-0.05, 0) is 40.9 Å². The molecule has 1 N–H and O–H groups in total. The van der Waals surface area contributed by atoms with Gasteiger partial charge in [0.25, 0.3) is 0 Å². The Bertz CT molecular complexity index is 502. The van der Waals surface area contributed by atoms with Crippen LogP contribution in [0.5, 0.6) is 0 Å². The number of fused-ring (bicyclic) bond motifs is 1. The third-order valence-electron chi connectivity index (χ3n) is 3.00. The van der Waals surface area contributed by atoms with E-state index in [1.807, 2.05) is 18.3 Å². The summed E-state index contributed by atoms with van der Waals surface area (Å²) in [6, 6.07) is 4.48. The smallest absolute Gasteiger partial charge is 0.243 e. The van der Waals surface area contributed by atoms with Crippen LogP contribution in [0.3, 0.4) is 0 Å². The standard InChI is InChI=1S/C11H13BrN4/c12-9-6-3-7-16-10(9)14-11(15-16)13-8-4-1-2-5-8/h3,6-8H,1-2,4-5H2,(H,13,15). The fraction of sp³-hybridized carbons (Fsp3) is 0.455. The number of nitrogens with zero attached hydrogens (tertiary/aromatic N) is 3. The zero-order chi connectivity index (χ0) is 11.0. The SMILES string of the molecule is Brc1cccn2nc(NC3CCCC3)nc12. The lowest BCUT2D eigenvalue weighted by Crippen LogP contribution is -2.15. The summed E-state index contributed by atoms with van der Waals surface area (Å²) in [4.78, 5) is 4.47. The second-order valence-corrected chi connectivity index (χ2v) is 5.04. The molecule has 2 aromatic heterocycles. The predicted octanol–water partition coefficient (Wildman–Crippen LogP) is 2.85. The molecule has 0 unspecified atom stereocenters. The van der Waals surface area contributed by atoms with Gasteiger partial charge in [-0.2, -0.15) is 4.98 Å². The molecule has 0 spiro atoms. The molecule has 16 heavy (non-hydrogen) atoms. The topological polar surface area (TPSA) is 42.2 Å². The van der Waals surface area contributed by atoms with Crippen molar-refractivity contribution in [1.29, 1.82) is 0 Å². The lowest BCUT2D eigenvalue weighted by atomic mass is 10.3. The number of pyridine rings is 1. The van der Waals surface area contributed by atoms with Gasteiger partial charge in [0.15, 0.2) is 5.65 Å². The number of rotatable bonds is 2. The highest BCUT2D eigenvalue weighted by Gasteiger charge is 2.16. The van der Waals surface area contributed by atoms with Crippen molar-refractivity contribution in [3.05, 3.63) is 22.8 Å². The van der Waals surface area contributed by atoms with E-state index < -0.39 is 0 Å². The number of halogens is 1. The molecule has 2 aromatic rings. The fourth-order valence-electron chi connectivity index (χ4n) is 2.19. The van der Waals surface area contributed by atoms with E-state index in [0.29, 0.717) is 6.04 Å². The van der Waals surface area contributed by atoms with Gasteiger partial charge in [0, 0.05) is 12.2 Å². The lowest BCUT2D eigenvalue weighted by Gasteiger charge is -2.08. The molecule has 4 nitrogen and oxygen atoms in total. The van der Waals surface area contributed by atoms with Gasteiger partial charge in [-0.3, -0.25) is 0 Å². The fourth-order valence-corrected chi connectivity index (χ4v) is 2.61. The van der Waals surface area contributed by atoms with Crippen molar-refractivity contribution in [2.24, 2.45) is 0 Å². The molecular formula is C11H13BrN4. The maximum absolute atomic E-state index is 4.47. The molecule has 0 aromatic carbocycles. The molecule has 1 fully saturated rings. The van der Waals surface area contributed by atoms with E-state index in [2.05, 4.69) is 31.3 Å². The Balaban J connectivity index is 1.90. The molecule has 3 rings (SSSR count). The summed E-state index contributed by atoms with van der Waals surface area (Å²) in [7, 11) is 0. The second-order valence-electron chi connectivity index (χ2n) is 4.19. The van der Waals surface area contributed by atoms with Crippen LogP contribution in [0.25, 0.3) is 5.65 Å². The lowest BCUT2D eigenvalue weighted by molar-refractivity contribution is 0.743. The largest absolute Gasteiger partial charge is 0.350 e. The van der Waals surface area contributed by atoms with E-state index >= 15 is 0 Å². The first kappa shape index (κ1) is 10.1. The molecule has 0 bridgehead atoms. The van der Waals surface area contributed by atoms with E-state index in [0.717, 1.165) is 16.1 Å². The van der Waals surface area contributed by atoms with Crippen molar-refractivity contribution in [3.8, 4) is 0 Å². The highest BCUT2D eigenvalue weighted by atomic mass is 79.9. The number of anilines is 1. The predicted molar refractivity (Wildman–Crippen MR) is 66.6 cm³/mol. The Hall–Kier alpha value is -1.10. The van der Waals surface area contributed by atoms with Crippen molar-refractivity contribution in [2.75, 3.05) is 5.32 Å². The minimum Gasteiger partial charge on any atom is -0.350 e. The number of nitrogens with one attached hydrogen (secondary N) is 1. The highest BCUT2D eigenvalue weighted by molar-refractivity contribution is 9.10. The highest BCUT2D eigenvalue weighted by Crippen LogP contribution is 2.22. The monoisotopic (exact) mass is 280 g/mol. The number of aromatic nitrogens is 3. The number of hydrogen-bond donors (Lipinski definition) is 1. The first-order chi connectivity index (χ1) is 7.83. The van der Waals surface area contributed by atoms with Crippen LogP contribution in [0.15, 0.2) is 22.8 Å². The summed E-state index contributed by atoms with van der Waals surface area (Å²) in [6.07, 6.45) is 7.00. The molecule has 0 atom stereocenters. The molecule has 5 heteroatoms. The molecule has 0 radical (unpaired) electrons. The maximum atomic E-state index is 4.47. The maximum Gasteiger partial charge on any atom is 0.243 e. The van der Waals surface area contributed by atoms with Gasteiger partial charge in [0.05, 0.1) is 4.47 Å². The van der Waals surface area contributed by atoms with Gasteiger partial charge in [-0.1, -0.05) is 12.8 Å². The summed E-state index contributed by atoms with van der Waals surface area (Å²) in [5, 5.41) is 7.80. The van der Waals surface area contributed by atoms with Crippen LogP contribution in [0.4, 0.5) is 5.95 Å². The minimum atomic E-state index is 0.552. The Labute approximate surface area is 102 Å². The average Bonchev–Trinajstić information content (AvgIpc) is 2.88. The van der Waals surface area contributed by atoms with Crippen molar-refractivity contribution in [1.82, 2.24) is 14.6 Å². The Morgan fingerprint density at radius 1 is 1.38 bits per heavy atom. The van der Waals surface area contributed by atoms with Crippen molar-refractivity contribution >= 4 is 27.5 Å². The van der Waals surface area contributed by atoms with Gasteiger partial charge in [-0.25, -0.2) is 4.52 Å². The normalized spacial score (nSPS) is 17.1. The first-order valence-corrected chi connectivity index (χ1v) is 6.40. The van der Waals surface area contributed by atoms with Crippen molar-refractivity contribution in [2.45, 2.75) is 31.7 Å².